The van der Waals surface area contributed by atoms with Gasteiger partial charge in [0, 0.05) is 13.0 Å². The molecule has 1 heterocycles. The molecule has 0 aliphatic heterocycles. The molecule has 0 saturated carbocycles. The summed E-state index contributed by atoms with van der Waals surface area (Å²) in [7, 11) is 0. The standard InChI is InChI=1S/C11H8F2N4O4/c12-7-4-9(17(19)20)8(13)3-6(7)11(18)14-2-1-10-15-5-16-21-10/h3-5H,1-2H2,(H,14,18). The van der Waals surface area contributed by atoms with Crippen molar-refractivity contribution in [3.05, 3.63) is 51.7 Å². The highest BCUT2D eigenvalue weighted by Gasteiger charge is 2.21. The number of nitro groups is 1. The summed E-state index contributed by atoms with van der Waals surface area (Å²) in [4.78, 5) is 24.7. The van der Waals surface area contributed by atoms with E-state index >= 15 is 0 Å². The molecule has 0 spiro atoms. The van der Waals surface area contributed by atoms with Crippen molar-refractivity contribution in [2.75, 3.05) is 6.54 Å². The molecule has 0 aliphatic rings. The Balaban J connectivity index is 2.05. The Kier molecular flexibility index (Phi) is 4.16. The van der Waals surface area contributed by atoms with Crippen LogP contribution in [-0.4, -0.2) is 27.5 Å². The van der Waals surface area contributed by atoms with Gasteiger partial charge in [0.25, 0.3) is 5.91 Å². The van der Waals surface area contributed by atoms with Gasteiger partial charge in [0.15, 0.2) is 6.33 Å². The summed E-state index contributed by atoms with van der Waals surface area (Å²) in [5.74, 6) is -3.10. The van der Waals surface area contributed by atoms with Crippen LogP contribution in [0.3, 0.4) is 0 Å². The molecule has 0 atom stereocenters. The van der Waals surface area contributed by atoms with Gasteiger partial charge in [-0.3, -0.25) is 14.9 Å². The van der Waals surface area contributed by atoms with Gasteiger partial charge in [-0.1, -0.05) is 5.16 Å². The molecule has 0 fully saturated rings. The van der Waals surface area contributed by atoms with Gasteiger partial charge >= 0.3 is 5.69 Å². The lowest BCUT2D eigenvalue weighted by Gasteiger charge is -2.05. The fourth-order valence-electron chi connectivity index (χ4n) is 1.53. The van der Waals surface area contributed by atoms with Gasteiger partial charge in [0.2, 0.25) is 11.7 Å². The second kappa shape index (κ2) is 6.03. The highest BCUT2D eigenvalue weighted by atomic mass is 19.1. The monoisotopic (exact) mass is 298 g/mol. The normalized spacial score (nSPS) is 10.4. The van der Waals surface area contributed by atoms with Crippen LogP contribution < -0.4 is 5.32 Å². The molecule has 0 bridgehead atoms. The molecule has 0 aliphatic carbocycles. The van der Waals surface area contributed by atoms with E-state index in [9.17, 15) is 23.7 Å². The average molecular weight is 298 g/mol. The number of amides is 1. The minimum atomic E-state index is -1.29. The maximum atomic E-state index is 13.6. The van der Waals surface area contributed by atoms with E-state index in [1.165, 1.54) is 6.33 Å². The lowest BCUT2D eigenvalue weighted by atomic mass is 10.1. The maximum Gasteiger partial charge on any atom is 0.307 e. The molecule has 1 aromatic heterocycles. The zero-order valence-electron chi connectivity index (χ0n) is 10.4. The SMILES string of the molecule is O=C(NCCc1ncno1)c1cc(F)c([N+](=O)[O-])cc1F. The van der Waals surface area contributed by atoms with E-state index in [1.807, 2.05) is 0 Å². The molecule has 1 N–H and O–H groups in total. The van der Waals surface area contributed by atoms with Crippen molar-refractivity contribution in [2.24, 2.45) is 0 Å². The van der Waals surface area contributed by atoms with E-state index in [0.717, 1.165) is 0 Å². The fraction of sp³-hybridized carbons (Fsp3) is 0.182. The van der Waals surface area contributed by atoms with E-state index in [4.69, 9.17) is 0 Å². The molecule has 0 radical (unpaired) electrons. The van der Waals surface area contributed by atoms with Crippen LogP contribution in [0.25, 0.3) is 0 Å². The molecule has 2 rings (SSSR count). The Hall–Kier alpha value is -2.91. The van der Waals surface area contributed by atoms with Gasteiger partial charge in [0.1, 0.15) is 5.82 Å². The number of carbonyl (C=O) groups excluding carboxylic acids is 1. The van der Waals surface area contributed by atoms with Crippen LogP contribution in [0.5, 0.6) is 0 Å². The van der Waals surface area contributed by atoms with E-state index in [-0.39, 0.29) is 18.9 Å². The van der Waals surface area contributed by atoms with Crippen molar-refractivity contribution >= 4 is 11.6 Å². The molecule has 10 heteroatoms. The Morgan fingerprint density at radius 2 is 2.14 bits per heavy atom. The third-order valence-electron chi connectivity index (χ3n) is 2.51. The molecule has 1 amide bonds. The number of hydrogen-bond donors (Lipinski definition) is 1. The van der Waals surface area contributed by atoms with Crippen LogP contribution in [0, 0.1) is 21.7 Å². The summed E-state index contributed by atoms with van der Waals surface area (Å²) in [6, 6.07) is 0.845. The average Bonchev–Trinajstić information content (AvgIpc) is 2.93. The fourth-order valence-corrected chi connectivity index (χ4v) is 1.53. The number of nitrogens with zero attached hydrogens (tertiary/aromatic N) is 3. The van der Waals surface area contributed by atoms with E-state index in [1.54, 1.807) is 0 Å². The zero-order chi connectivity index (χ0) is 15.4. The number of hydrogen-bond acceptors (Lipinski definition) is 6. The Morgan fingerprint density at radius 1 is 1.38 bits per heavy atom. The Labute approximate surface area is 115 Å². The first-order valence-electron chi connectivity index (χ1n) is 5.66. The molecule has 2 aromatic rings. The van der Waals surface area contributed by atoms with Crippen LogP contribution in [-0.2, 0) is 6.42 Å². The molecule has 0 unspecified atom stereocenters. The highest BCUT2D eigenvalue weighted by Crippen LogP contribution is 2.21. The summed E-state index contributed by atoms with van der Waals surface area (Å²) in [6.07, 6.45) is 1.39. The van der Waals surface area contributed by atoms with Crippen LogP contribution in [0.2, 0.25) is 0 Å². The summed E-state index contributed by atoms with van der Waals surface area (Å²) in [6.45, 7) is 0.0546. The highest BCUT2D eigenvalue weighted by molar-refractivity contribution is 5.94. The number of nitrogens with one attached hydrogen (secondary N) is 1. The molecular weight excluding hydrogens is 290 g/mol. The predicted molar refractivity (Wildman–Crippen MR) is 63.3 cm³/mol. The van der Waals surface area contributed by atoms with Crippen LogP contribution in [0.15, 0.2) is 23.0 Å². The van der Waals surface area contributed by atoms with E-state index in [2.05, 4.69) is 20.0 Å². The van der Waals surface area contributed by atoms with Crippen molar-refractivity contribution in [1.82, 2.24) is 15.5 Å². The largest absolute Gasteiger partial charge is 0.351 e. The summed E-state index contributed by atoms with van der Waals surface area (Å²) in [5.41, 5.74) is -1.65. The lowest BCUT2D eigenvalue weighted by Crippen LogP contribution is -2.26. The van der Waals surface area contributed by atoms with Crippen molar-refractivity contribution in [1.29, 1.82) is 0 Å². The van der Waals surface area contributed by atoms with Gasteiger partial charge in [-0.15, -0.1) is 0 Å². The van der Waals surface area contributed by atoms with Gasteiger partial charge < -0.3 is 9.84 Å². The van der Waals surface area contributed by atoms with Crippen LogP contribution in [0.1, 0.15) is 16.2 Å². The van der Waals surface area contributed by atoms with Gasteiger partial charge in [-0.2, -0.15) is 9.37 Å². The number of aromatic nitrogens is 2. The minimum absolute atomic E-state index is 0.0546. The second-order valence-corrected chi connectivity index (χ2v) is 3.88. The van der Waals surface area contributed by atoms with E-state index < -0.39 is 33.7 Å². The quantitative estimate of drug-likeness (QED) is 0.656. The van der Waals surface area contributed by atoms with Crippen molar-refractivity contribution in [3.8, 4) is 0 Å². The maximum absolute atomic E-state index is 13.6. The van der Waals surface area contributed by atoms with Crippen molar-refractivity contribution in [3.63, 3.8) is 0 Å². The molecule has 0 saturated heterocycles. The molecule has 1 aromatic carbocycles. The number of nitro benzene ring substituents is 1. The Morgan fingerprint density at radius 3 is 2.76 bits per heavy atom. The van der Waals surface area contributed by atoms with Gasteiger partial charge in [-0.25, -0.2) is 4.39 Å². The second-order valence-electron chi connectivity index (χ2n) is 3.88. The number of carbonyl (C=O) groups is 1. The summed E-state index contributed by atoms with van der Waals surface area (Å²) < 4.78 is 31.6. The summed E-state index contributed by atoms with van der Waals surface area (Å²) in [5, 5.41) is 16.1. The number of rotatable bonds is 5. The first kappa shape index (κ1) is 14.5. The first-order valence-corrected chi connectivity index (χ1v) is 5.66. The minimum Gasteiger partial charge on any atom is -0.351 e. The van der Waals surface area contributed by atoms with Crippen molar-refractivity contribution in [2.45, 2.75) is 6.42 Å². The molecule has 8 nitrogen and oxygen atoms in total. The number of halogens is 2. The third kappa shape index (κ3) is 3.35. The Bertz CT molecular complexity index is 675. The van der Waals surface area contributed by atoms with Gasteiger partial charge in [-0.05, 0) is 6.07 Å². The molecule has 110 valence electrons. The summed E-state index contributed by atoms with van der Waals surface area (Å²) >= 11 is 0. The van der Waals surface area contributed by atoms with Crippen LogP contribution in [0.4, 0.5) is 14.5 Å². The smallest absolute Gasteiger partial charge is 0.307 e. The molecular formula is C11H8F2N4O4. The van der Waals surface area contributed by atoms with E-state index in [0.29, 0.717) is 12.1 Å². The zero-order valence-corrected chi connectivity index (χ0v) is 10.4. The topological polar surface area (TPSA) is 111 Å². The van der Waals surface area contributed by atoms with Crippen LogP contribution >= 0.6 is 0 Å². The third-order valence-corrected chi connectivity index (χ3v) is 2.51. The number of benzene rings is 1. The lowest BCUT2D eigenvalue weighted by molar-refractivity contribution is -0.387. The van der Waals surface area contributed by atoms with Crippen molar-refractivity contribution < 1.29 is 23.0 Å². The van der Waals surface area contributed by atoms with Gasteiger partial charge in [0.05, 0.1) is 16.6 Å². The predicted octanol–water partition coefficient (Wildman–Crippen LogP) is 1.23. The first-order chi connectivity index (χ1) is 9.99. The molecule has 21 heavy (non-hydrogen) atoms.